The molecule has 1 aromatic heterocycles. The van der Waals surface area contributed by atoms with E-state index >= 15 is 0 Å². The lowest BCUT2D eigenvalue weighted by Crippen LogP contribution is -2.24. The van der Waals surface area contributed by atoms with Gasteiger partial charge in [0.2, 0.25) is 0 Å². The van der Waals surface area contributed by atoms with E-state index in [4.69, 9.17) is 4.74 Å². The molecule has 0 N–H and O–H groups in total. The Morgan fingerprint density at radius 1 is 1.39 bits per heavy atom. The third-order valence-electron chi connectivity index (χ3n) is 3.98. The van der Waals surface area contributed by atoms with Crippen molar-refractivity contribution in [1.29, 1.82) is 0 Å². The summed E-state index contributed by atoms with van der Waals surface area (Å²) in [4.78, 5) is 28.5. The van der Waals surface area contributed by atoms with E-state index in [1.165, 1.54) is 13.3 Å². The highest BCUT2D eigenvalue weighted by Crippen LogP contribution is 2.38. The van der Waals surface area contributed by atoms with Gasteiger partial charge in [0.1, 0.15) is 6.20 Å². The number of methoxy groups -OCH3 is 1. The molecule has 1 saturated heterocycles. The zero-order valence-corrected chi connectivity index (χ0v) is 13.2. The maximum atomic E-state index is 12.1. The van der Waals surface area contributed by atoms with E-state index < -0.39 is 4.92 Å². The van der Waals surface area contributed by atoms with Crippen molar-refractivity contribution < 1.29 is 14.5 Å². The Kier molecular flexibility index (Phi) is 4.24. The molecule has 1 aromatic carbocycles. The summed E-state index contributed by atoms with van der Waals surface area (Å²) in [5.74, 6) is -0.607. The molecule has 2 heterocycles. The standard InChI is InChI=1S/C15H15N3O4S/c1-22-14(19)12-9-17(15-16-7-13(23-15)18(20)21)8-11(12)10-5-3-2-4-6-10/h2-7,11-12H,8-9H2,1H3/t11-,12+/m0/s1. The molecule has 23 heavy (non-hydrogen) atoms. The Morgan fingerprint density at radius 2 is 2.13 bits per heavy atom. The number of anilines is 1. The Morgan fingerprint density at radius 3 is 2.74 bits per heavy atom. The minimum absolute atomic E-state index is 0.00206. The van der Waals surface area contributed by atoms with Gasteiger partial charge in [-0.3, -0.25) is 14.9 Å². The van der Waals surface area contributed by atoms with Crippen molar-refractivity contribution in [1.82, 2.24) is 4.98 Å². The lowest BCUT2D eigenvalue weighted by Gasteiger charge is -2.16. The van der Waals surface area contributed by atoms with Crippen LogP contribution in [-0.2, 0) is 9.53 Å². The van der Waals surface area contributed by atoms with Gasteiger partial charge in [-0.05, 0) is 16.9 Å². The largest absolute Gasteiger partial charge is 0.469 e. The van der Waals surface area contributed by atoms with Crippen LogP contribution in [0.15, 0.2) is 36.5 Å². The molecule has 0 aliphatic carbocycles. The molecule has 0 saturated carbocycles. The highest BCUT2D eigenvalue weighted by molar-refractivity contribution is 7.18. The highest BCUT2D eigenvalue weighted by atomic mass is 32.1. The first-order valence-electron chi connectivity index (χ1n) is 7.08. The summed E-state index contributed by atoms with van der Waals surface area (Å²) in [5.41, 5.74) is 1.05. The third kappa shape index (κ3) is 3.02. The number of nitro groups is 1. The molecular weight excluding hydrogens is 318 g/mol. The van der Waals surface area contributed by atoms with Crippen molar-refractivity contribution in [3.63, 3.8) is 0 Å². The summed E-state index contributed by atoms with van der Waals surface area (Å²) >= 11 is 1.02. The minimum atomic E-state index is -0.455. The number of thiazole rings is 1. The molecule has 3 rings (SSSR count). The number of benzene rings is 1. The molecule has 2 aromatic rings. The molecule has 0 amide bonds. The van der Waals surface area contributed by atoms with E-state index in [0.717, 1.165) is 16.9 Å². The number of esters is 1. The number of hydrogen-bond donors (Lipinski definition) is 0. The maximum absolute atomic E-state index is 12.1. The lowest BCUT2D eigenvalue weighted by atomic mass is 9.89. The molecule has 1 aliphatic heterocycles. The van der Waals surface area contributed by atoms with E-state index in [0.29, 0.717) is 18.2 Å². The van der Waals surface area contributed by atoms with E-state index in [9.17, 15) is 14.9 Å². The van der Waals surface area contributed by atoms with Crippen molar-refractivity contribution >= 4 is 27.4 Å². The second kappa shape index (κ2) is 6.33. The molecule has 120 valence electrons. The van der Waals surface area contributed by atoms with Crippen molar-refractivity contribution in [3.8, 4) is 0 Å². The summed E-state index contributed by atoms with van der Waals surface area (Å²) in [6, 6.07) is 9.75. The molecule has 0 unspecified atom stereocenters. The van der Waals surface area contributed by atoms with Crippen LogP contribution in [0.5, 0.6) is 0 Å². The number of carbonyl (C=O) groups excluding carboxylic acids is 1. The van der Waals surface area contributed by atoms with E-state index in [2.05, 4.69) is 4.98 Å². The van der Waals surface area contributed by atoms with E-state index in [-0.39, 0.29) is 22.8 Å². The number of carbonyl (C=O) groups is 1. The van der Waals surface area contributed by atoms with Gasteiger partial charge in [0.05, 0.1) is 18.0 Å². The molecule has 8 heteroatoms. The Bertz CT molecular complexity index is 719. The minimum Gasteiger partial charge on any atom is -0.469 e. The molecule has 0 radical (unpaired) electrons. The number of rotatable bonds is 4. The van der Waals surface area contributed by atoms with Crippen LogP contribution in [0.4, 0.5) is 10.1 Å². The van der Waals surface area contributed by atoms with Crippen LogP contribution in [0.25, 0.3) is 0 Å². The SMILES string of the molecule is COC(=O)[C@@H]1CN(c2ncc([N+](=O)[O-])s2)C[C@H]1c1ccccc1. The number of aromatic nitrogens is 1. The Hall–Kier alpha value is -2.48. The summed E-state index contributed by atoms with van der Waals surface area (Å²) < 4.78 is 4.92. The summed E-state index contributed by atoms with van der Waals surface area (Å²) in [5, 5.41) is 11.4. The van der Waals surface area contributed by atoms with Crippen molar-refractivity contribution in [2.45, 2.75) is 5.92 Å². The zero-order chi connectivity index (χ0) is 16.4. The molecule has 2 atom stereocenters. The van der Waals surface area contributed by atoms with Gasteiger partial charge < -0.3 is 9.64 Å². The first-order valence-corrected chi connectivity index (χ1v) is 7.89. The van der Waals surface area contributed by atoms with Gasteiger partial charge in [0.25, 0.3) is 0 Å². The average Bonchev–Trinajstić information content (AvgIpc) is 3.21. The maximum Gasteiger partial charge on any atom is 0.345 e. The number of ether oxygens (including phenoxy) is 1. The first kappa shape index (κ1) is 15.4. The van der Waals surface area contributed by atoms with Gasteiger partial charge in [-0.1, -0.05) is 30.3 Å². The van der Waals surface area contributed by atoms with Gasteiger partial charge >= 0.3 is 11.0 Å². The summed E-state index contributed by atoms with van der Waals surface area (Å²) in [7, 11) is 1.38. The fraction of sp³-hybridized carbons (Fsp3) is 0.333. The van der Waals surface area contributed by atoms with Crippen LogP contribution in [0.1, 0.15) is 11.5 Å². The smallest absolute Gasteiger partial charge is 0.345 e. The number of hydrogen-bond acceptors (Lipinski definition) is 7. The molecule has 7 nitrogen and oxygen atoms in total. The van der Waals surface area contributed by atoms with Crippen molar-refractivity contribution in [3.05, 3.63) is 52.2 Å². The van der Waals surface area contributed by atoms with E-state index in [1.54, 1.807) is 0 Å². The van der Waals surface area contributed by atoms with Crippen LogP contribution in [0.3, 0.4) is 0 Å². The quantitative estimate of drug-likeness (QED) is 0.485. The molecule has 1 aliphatic rings. The third-order valence-corrected chi connectivity index (χ3v) is 4.99. The van der Waals surface area contributed by atoms with Gasteiger partial charge in [-0.2, -0.15) is 0 Å². The van der Waals surface area contributed by atoms with Crippen LogP contribution in [0, 0.1) is 16.0 Å². The van der Waals surface area contributed by atoms with Gasteiger partial charge in [-0.15, -0.1) is 0 Å². The van der Waals surface area contributed by atoms with Crippen molar-refractivity contribution in [2.75, 3.05) is 25.1 Å². The topological polar surface area (TPSA) is 85.6 Å². The van der Waals surface area contributed by atoms with Crippen LogP contribution >= 0.6 is 11.3 Å². The van der Waals surface area contributed by atoms with Crippen LogP contribution < -0.4 is 4.90 Å². The van der Waals surface area contributed by atoms with Gasteiger partial charge in [0, 0.05) is 19.0 Å². The van der Waals surface area contributed by atoms with Crippen molar-refractivity contribution in [2.24, 2.45) is 5.92 Å². The second-order valence-corrected chi connectivity index (χ2v) is 6.28. The van der Waals surface area contributed by atoms with Crippen LogP contribution in [-0.4, -0.2) is 36.1 Å². The average molecular weight is 333 g/mol. The summed E-state index contributed by atoms with van der Waals surface area (Å²) in [6.07, 6.45) is 1.25. The normalized spacial score (nSPS) is 20.5. The van der Waals surface area contributed by atoms with Gasteiger partial charge in [-0.25, -0.2) is 4.98 Å². The molecule has 0 spiro atoms. The molecule has 1 fully saturated rings. The van der Waals surface area contributed by atoms with E-state index in [1.807, 2.05) is 35.2 Å². The predicted molar refractivity (Wildman–Crippen MR) is 85.7 cm³/mol. The lowest BCUT2D eigenvalue weighted by molar-refractivity contribution is -0.380. The first-order chi connectivity index (χ1) is 11.1. The fourth-order valence-electron chi connectivity index (χ4n) is 2.88. The number of nitrogens with zero attached hydrogens (tertiary/aromatic N) is 3. The monoisotopic (exact) mass is 333 g/mol. The fourth-order valence-corrected chi connectivity index (χ4v) is 3.63. The Labute approximate surface area is 136 Å². The van der Waals surface area contributed by atoms with Crippen LogP contribution in [0.2, 0.25) is 0 Å². The zero-order valence-electron chi connectivity index (χ0n) is 12.4. The van der Waals surface area contributed by atoms with Gasteiger partial charge in [0.15, 0.2) is 5.13 Å². The highest BCUT2D eigenvalue weighted by Gasteiger charge is 2.40. The predicted octanol–water partition coefficient (Wildman–Crippen LogP) is 2.44. The molecule has 0 bridgehead atoms. The molecular formula is C15H15N3O4S. The Balaban J connectivity index is 1.87. The second-order valence-electron chi connectivity index (χ2n) is 5.29. The summed E-state index contributed by atoms with van der Waals surface area (Å²) in [6.45, 7) is 1.02.